The molecule has 0 atom stereocenters. The summed E-state index contributed by atoms with van der Waals surface area (Å²) in [7, 11) is 0. The standard InChI is InChI=1S/C13H8ClN5S/c14-13-18-11-10(15-6-16-11)12(19-13)17-8-1-2-9-7(5-8)3-4-20-9/h1-6H,(H2,15,16,17,18,19). The molecule has 0 bridgehead atoms. The first kappa shape index (κ1) is 11.6. The van der Waals surface area contributed by atoms with E-state index in [0.29, 0.717) is 11.5 Å². The highest BCUT2D eigenvalue weighted by Gasteiger charge is 2.09. The maximum absolute atomic E-state index is 5.91. The van der Waals surface area contributed by atoms with E-state index in [1.165, 1.54) is 10.1 Å². The number of nitrogens with zero attached hydrogens (tertiary/aromatic N) is 3. The number of rotatable bonds is 2. The number of imidazole rings is 1. The number of anilines is 2. The van der Waals surface area contributed by atoms with Crippen molar-refractivity contribution in [2.45, 2.75) is 0 Å². The quantitative estimate of drug-likeness (QED) is 0.550. The lowest BCUT2D eigenvalue weighted by Crippen LogP contribution is -1.96. The van der Waals surface area contributed by atoms with Crippen LogP contribution in [0.5, 0.6) is 0 Å². The number of aromatic nitrogens is 4. The lowest BCUT2D eigenvalue weighted by Gasteiger charge is -2.06. The van der Waals surface area contributed by atoms with Crippen LogP contribution in [0, 0.1) is 0 Å². The average molecular weight is 302 g/mol. The highest BCUT2D eigenvalue weighted by Crippen LogP contribution is 2.27. The summed E-state index contributed by atoms with van der Waals surface area (Å²) in [5, 5.41) is 6.69. The van der Waals surface area contributed by atoms with Gasteiger partial charge in [0.15, 0.2) is 11.5 Å². The Hall–Kier alpha value is -2.18. The van der Waals surface area contributed by atoms with Crippen LogP contribution in [0.15, 0.2) is 36.0 Å². The first-order valence-electron chi connectivity index (χ1n) is 5.90. The number of aromatic amines is 1. The average Bonchev–Trinajstić information content (AvgIpc) is 3.05. The van der Waals surface area contributed by atoms with Crippen molar-refractivity contribution in [2.24, 2.45) is 0 Å². The minimum absolute atomic E-state index is 0.170. The molecule has 0 amide bonds. The smallest absolute Gasteiger partial charge is 0.226 e. The fourth-order valence-corrected chi connectivity index (χ4v) is 3.01. The highest BCUT2D eigenvalue weighted by molar-refractivity contribution is 7.17. The van der Waals surface area contributed by atoms with Gasteiger partial charge in [0, 0.05) is 10.4 Å². The topological polar surface area (TPSA) is 66.5 Å². The van der Waals surface area contributed by atoms with Crippen LogP contribution in [0.2, 0.25) is 5.28 Å². The van der Waals surface area contributed by atoms with Gasteiger partial charge in [-0.25, -0.2) is 4.98 Å². The summed E-state index contributed by atoms with van der Waals surface area (Å²) >= 11 is 7.63. The van der Waals surface area contributed by atoms with E-state index in [9.17, 15) is 0 Å². The summed E-state index contributed by atoms with van der Waals surface area (Å²) in [5.74, 6) is 0.618. The second-order valence-electron chi connectivity index (χ2n) is 4.24. The molecule has 0 aliphatic carbocycles. The maximum atomic E-state index is 5.91. The van der Waals surface area contributed by atoms with Gasteiger partial charge in [0.1, 0.15) is 5.52 Å². The lowest BCUT2D eigenvalue weighted by molar-refractivity contribution is 1.20. The second kappa shape index (κ2) is 4.43. The summed E-state index contributed by atoms with van der Waals surface area (Å²) in [5.41, 5.74) is 2.23. The van der Waals surface area contributed by atoms with E-state index < -0.39 is 0 Å². The number of nitrogens with one attached hydrogen (secondary N) is 2. The summed E-state index contributed by atoms with van der Waals surface area (Å²) in [6.07, 6.45) is 1.57. The molecular weight excluding hydrogens is 294 g/mol. The molecule has 0 radical (unpaired) electrons. The number of halogens is 1. The van der Waals surface area contributed by atoms with Crippen molar-refractivity contribution in [1.29, 1.82) is 0 Å². The minimum Gasteiger partial charge on any atom is -0.340 e. The minimum atomic E-state index is 0.170. The molecule has 0 aliphatic heterocycles. The normalized spacial score (nSPS) is 11.2. The molecule has 2 N–H and O–H groups in total. The molecule has 4 aromatic rings. The van der Waals surface area contributed by atoms with Crippen LogP contribution in [0.1, 0.15) is 0 Å². The van der Waals surface area contributed by atoms with E-state index in [0.717, 1.165) is 11.2 Å². The number of thiophene rings is 1. The molecule has 20 heavy (non-hydrogen) atoms. The van der Waals surface area contributed by atoms with E-state index in [1.54, 1.807) is 17.7 Å². The van der Waals surface area contributed by atoms with Gasteiger partial charge in [-0.2, -0.15) is 9.97 Å². The molecule has 7 heteroatoms. The van der Waals surface area contributed by atoms with Crippen molar-refractivity contribution < 1.29 is 0 Å². The zero-order chi connectivity index (χ0) is 13.5. The van der Waals surface area contributed by atoms with Gasteiger partial charge in [-0.05, 0) is 46.6 Å². The van der Waals surface area contributed by atoms with Gasteiger partial charge < -0.3 is 10.3 Å². The van der Waals surface area contributed by atoms with E-state index in [2.05, 4.69) is 48.8 Å². The van der Waals surface area contributed by atoms with Gasteiger partial charge in [-0.15, -0.1) is 11.3 Å². The number of fused-ring (bicyclic) bond motifs is 2. The van der Waals surface area contributed by atoms with Crippen molar-refractivity contribution in [3.63, 3.8) is 0 Å². The van der Waals surface area contributed by atoms with Crippen LogP contribution in [0.4, 0.5) is 11.5 Å². The third-order valence-corrected chi connectivity index (χ3v) is 4.04. The predicted molar refractivity (Wildman–Crippen MR) is 81.8 cm³/mol. The van der Waals surface area contributed by atoms with E-state index in [-0.39, 0.29) is 5.28 Å². The summed E-state index contributed by atoms with van der Waals surface area (Å²) < 4.78 is 1.25. The Morgan fingerprint density at radius 3 is 3.10 bits per heavy atom. The molecule has 98 valence electrons. The van der Waals surface area contributed by atoms with Crippen LogP contribution in [0.25, 0.3) is 21.3 Å². The second-order valence-corrected chi connectivity index (χ2v) is 5.53. The Bertz CT molecular complexity index is 913. The molecule has 0 saturated carbocycles. The third-order valence-electron chi connectivity index (χ3n) is 2.97. The zero-order valence-corrected chi connectivity index (χ0v) is 11.7. The van der Waals surface area contributed by atoms with Crippen LogP contribution < -0.4 is 5.32 Å². The number of benzene rings is 1. The molecular formula is C13H8ClN5S. The SMILES string of the molecule is Clc1nc(Nc2ccc3sccc3c2)c2[nH]cnc2n1. The largest absolute Gasteiger partial charge is 0.340 e. The highest BCUT2D eigenvalue weighted by atomic mass is 35.5. The number of hydrogen-bond donors (Lipinski definition) is 2. The monoisotopic (exact) mass is 301 g/mol. The first-order chi connectivity index (χ1) is 9.79. The molecule has 0 saturated heterocycles. The molecule has 1 aromatic carbocycles. The summed E-state index contributed by atoms with van der Waals surface area (Å²) in [4.78, 5) is 15.4. The third kappa shape index (κ3) is 1.90. The molecule has 5 nitrogen and oxygen atoms in total. The Labute approximate surface area is 122 Å². The van der Waals surface area contributed by atoms with Crippen LogP contribution in [0.3, 0.4) is 0 Å². The van der Waals surface area contributed by atoms with Gasteiger partial charge >= 0.3 is 0 Å². The van der Waals surface area contributed by atoms with Gasteiger partial charge in [-0.3, -0.25) is 0 Å². The molecule has 4 rings (SSSR count). The van der Waals surface area contributed by atoms with Crippen molar-refractivity contribution in [2.75, 3.05) is 5.32 Å². The van der Waals surface area contributed by atoms with E-state index in [1.807, 2.05) is 6.07 Å². The summed E-state index contributed by atoms with van der Waals surface area (Å²) in [6.45, 7) is 0. The van der Waals surface area contributed by atoms with Crippen molar-refractivity contribution in [3.05, 3.63) is 41.3 Å². The summed E-state index contributed by atoms with van der Waals surface area (Å²) in [6, 6.07) is 8.25. The van der Waals surface area contributed by atoms with Crippen LogP contribution >= 0.6 is 22.9 Å². The molecule has 3 aromatic heterocycles. The maximum Gasteiger partial charge on any atom is 0.226 e. The van der Waals surface area contributed by atoms with Crippen LogP contribution in [-0.2, 0) is 0 Å². The van der Waals surface area contributed by atoms with E-state index >= 15 is 0 Å². The Morgan fingerprint density at radius 1 is 1.20 bits per heavy atom. The molecule has 0 spiro atoms. The fraction of sp³-hybridized carbons (Fsp3) is 0. The molecule has 0 fully saturated rings. The number of H-pyrrole nitrogens is 1. The van der Waals surface area contributed by atoms with Crippen molar-refractivity contribution >= 4 is 55.7 Å². The fourth-order valence-electron chi connectivity index (χ4n) is 2.08. The van der Waals surface area contributed by atoms with Crippen molar-refractivity contribution in [3.8, 4) is 0 Å². The van der Waals surface area contributed by atoms with E-state index in [4.69, 9.17) is 11.6 Å². The molecule has 3 heterocycles. The predicted octanol–water partition coefficient (Wildman–Crippen LogP) is 3.96. The first-order valence-corrected chi connectivity index (χ1v) is 7.16. The lowest BCUT2D eigenvalue weighted by atomic mass is 10.2. The van der Waals surface area contributed by atoms with Gasteiger partial charge in [0.05, 0.1) is 6.33 Å². The van der Waals surface area contributed by atoms with Crippen molar-refractivity contribution in [1.82, 2.24) is 19.9 Å². The Kier molecular flexibility index (Phi) is 2.58. The van der Waals surface area contributed by atoms with Crippen LogP contribution in [-0.4, -0.2) is 19.9 Å². The Balaban J connectivity index is 1.81. The van der Waals surface area contributed by atoms with Gasteiger partial charge in [0.2, 0.25) is 5.28 Å². The Morgan fingerprint density at radius 2 is 2.15 bits per heavy atom. The zero-order valence-electron chi connectivity index (χ0n) is 10.1. The van der Waals surface area contributed by atoms with Gasteiger partial charge in [-0.1, -0.05) is 0 Å². The van der Waals surface area contributed by atoms with Gasteiger partial charge in [0.25, 0.3) is 0 Å². The molecule has 0 unspecified atom stereocenters. The number of hydrogen-bond acceptors (Lipinski definition) is 5. The molecule has 0 aliphatic rings.